The van der Waals surface area contributed by atoms with Crippen LogP contribution in [0.4, 0.5) is 0 Å². The van der Waals surface area contributed by atoms with Crippen LogP contribution in [-0.4, -0.2) is 29.1 Å². The second-order valence-corrected chi connectivity index (χ2v) is 16.3. The molecule has 4 aromatic heterocycles. The Kier molecular flexibility index (Phi) is 8.11. The third kappa shape index (κ3) is 5.66. The number of nitrogens with zero attached hydrogens (tertiary/aromatic N) is 6. The first-order chi connectivity index (χ1) is 31.7. The van der Waals surface area contributed by atoms with Crippen molar-refractivity contribution < 1.29 is 0 Å². The molecule has 6 nitrogen and oxygen atoms in total. The zero-order valence-electron chi connectivity index (χ0n) is 34.5. The van der Waals surface area contributed by atoms with Crippen LogP contribution in [0.15, 0.2) is 219 Å². The first-order valence-corrected chi connectivity index (χ1v) is 21.5. The maximum absolute atomic E-state index is 5.44. The molecule has 0 amide bonds. The van der Waals surface area contributed by atoms with E-state index in [9.17, 15) is 0 Å². The third-order valence-electron chi connectivity index (χ3n) is 12.6. The van der Waals surface area contributed by atoms with Crippen molar-refractivity contribution in [2.24, 2.45) is 0 Å². The van der Waals surface area contributed by atoms with E-state index in [1.807, 2.05) is 36.7 Å². The summed E-state index contributed by atoms with van der Waals surface area (Å²) in [6.07, 6.45) is 3.70. The second kappa shape index (κ2) is 14.4. The van der Waals surface area contributed by atoms with E-state index < -0.39 is 0 Å². The van der Waals surface area contributed by atoms with Crippen LogP contribution in [-0.2, 0) is 0 Å². The molecule has 0 saturated carbocycles. The Morgan fingerprint density at radius 1 is 0.312 bits per heavy atom. The molecule has 64 heavy (non-hydrogen) atoms. The van der Waals surface area contributed by atoms with Gasteiger partial charge in [0.1, 0.15) is 22.7 Å². The number of benzene rings is 9. The zero-order chi connectivity index (χ0) is 42.1. The van der Waals surface area contributed by atoms with Gasteiger partial charge in [0.15, 0.2) is 11.3 Å². The summed E-state index contributed by atoms with van der Waals surface area (Å²) in [5.41, 5.74) is 13.6. The van der Waals surface area contributed by atoms with E-state index in [2.05, 4.69) is 191 Å². The number of pyridine rings is 2. The Labute approximate surface area is 368 Å². The van der Waals surface area contributed by atoms with Gasteiger partial charge in [-0.05, 0) is 115 Å². The lowest BCUT2D eigenvalue weighted by atomic mass is 9.88. The van der Waals surface area contributed by atoms with Crippen LogP contribution in [0.2, 0.25) is 0 Å². The summed E-state index contributed by atoms with van der Waals surface area (Å²) in [4.78, 5) is 20.9. The van der Waals surface area contributed by atoms with E-state index in [1.54, 1.807) is 0 Å². The molecule has 0 radical (unpaired) electrons. The van der Waals surface area contributed by atoms with Crippen molar-refractivity contribution in [1.29, 1.82) is 0 Å². The highest BCUT2D eigenvalue weighted by atomic mass is 15.1. The maximum Gasteiger partial charge on any atom is 0.164 e. The number of aromatic nitrogens is 6. The largest absolute Gasteiger partial charge is 0.276 e. The monoisotopic (exact) mass is 816 g/mol. The van der Waals surface area contributed by atoms with Crippen molar-refractivity contribution in [2.75, 3.05) is 0 Å². The molecule has 9 aromatic carbocycles. The molecular weight excluding hydrogens is 781 g/mol. The predicted molar refractivity (Wildman–Crippen MR) is 262 cm³/mol. The van der Waals surface area contributed by atoms with E-state index >= 15 is 0 Å². The number of imidazole rings is 2. The van der Waals surface area contributed by atoms with Gasteiger partial charge in [0.05, 0.1) is 11.4 Å². The van der Waals surface area contributed by atoms with Crippen molar-refractivity contribution in [2.45, 2.75) is 0 Å². The van der Waals surface area contributed by atoms with E-state index in [-0.39, 0.29) is 0 Å². The number of hydrogen-bond donors (Lipinski definition) is 0. The van der Waals surface area contributed by atoms with Gasteiger partial charge in [-0.1, -0.05) is 146 Å². The molecule has 13 aromatic rings. The van der Waals surface area contributed by atoms with E-state index in [4.69, 9.17) is 19.9 Å². The highest BCUT2D eigenvalue weighted by Crippen LogP contribution is 2.44. The van der Waals surface area contributed by atoms with E-state index in [0.29, 0.717) is 0 Å². The molecule has 298 valence electrons. The number of rotatable bonds is 7. The predicted octanol–water partition coefficient (Wildman–Crippen LogP) is 14.4. The highest BCUT2D eigenvalue weighted by molar-refractivity contribution is 6.26. The quantitative estimate of drug-likeness (QED) is 0.150. The molecule has 0 fully saturated rings. The Bertz CT molecular complexity index is 3720. The number of hydrogen-bond acceptors (Lipinski definition) is 4. The minimum Gasteiger partial charge on any atom is -0.276 e. The Morgan fingerprint density at radius 3 is 1.38 bits per heavy atom. The summed E-state index contributed by atoms with van der Waals surface area (Å²) in [7, 11) is 0. The van der Waals surface area contributed by atoms with Gasteiger partial charge in [0.2, 0.25) is 0 Å². The van der Waals surface area contributed by atoms with Gasteiger partial charge in [-0.2, -0.15) is 0 Å². The summed E-state index contributed by atoms with van der Waals surface area (Å²) in [5.74, 6) is 1.56. The molecule has 13 rings (SSSR count). The maximum atomic E-state index is 5.44. The molecule has 6 heteroatoms. The molecule has 0 aliphatic heterocycles. The minimum atomic E-state index is 0.780. The Balaban J connectivity index is 1.14. The molecule has 0 saturated heterocycles. The van der Waals surface area contributed by atoms with Crippen molar-refractivity contribution in [3.8, 4) is 67.5 Å². The van der Waals surface area contributed by atoms with Gasteiger partial charge in [-0.25, -0.2) is 19.9 Å². The van der Waals surface area contributed by atoms with Crippen LogP contribution < -0.4 is 0 Å². The summed E-state index contributed by atoms with van der Waals surface area (Å²) in [5, 5.41) is 7.39. The van der Waals surface area contributed by atoms with Crippen LogP contribution >= 0.6 is 0 Å². The normalized spacial score (nSPS) is 11.8. The highest BCUT2D eigenvalue weighted by Gasteiger charge is 2.24. The van der Waals surface area contributed by atoms with Crippen LogP contribution in [0, 0.1) is 0 Å². The Morgan fingerprint density at radius 2 is 0.797 bits per heavy atom. The summed E-state index contributed by atoms with van der Waals surface area (Å²) < 4.78 is 4.45. The molecule has 4 heterocycles. The van der Waals surface area contributed by atoms with Crippen LogP contribution in [0.25, 0.3) is 122 Å². The molecule has 0 bridgehead atoms. The van der Waals surface area contributed by atoms with Gasteiger partial charge in [0.25, 0.3) is 0 Å². The molecule has 0 atom stereocenters. The molecule has 0 unspecified atom stereocenters. The average molecular weight is 817 g/mol. The number of fused-ring (bicyclic) bond motifs is 2. The van der Waals surface area contributed by atoms with E-state index in [0.717, 1.165) is 89.9 Å². The topological polar surface area (TPSA) is 61.4 Å². The van der Waals surface area contributed by atoms with Gasteiger partial charge >= 0.3 is 0 Å². The second-order valence-electron chi connectivity index (χ2n) is 16.3. The first-order valence-electron chi connectivity index (χ1n) is 21.5. The lowest BCUT2D eigenvalue weighted by molar-refractivity contribution is 1.07. The van der Waals surface area contributed by atoms with Gasteiger partial charge in [-0.3, -0.25) is 9.13 Å². The molecule has 0 N–H and O–H groups in total. The van der Waals surface area contributed by atoms with Crippen molar-refractivity contribution in [3.05, 3.63) is 219 Å². The van der Waals surface area contributed by atoms with Gasteiger partial charge < -0.3 is 0 Å². The lowest BCUT2D eigenvalue weighted by Crippen LogP contribution is -2.03. The fourth-order valence-corrected chi connectivity index (χ4v) is 9.77. The fourth-order valence-electron chi connectivity index (χ4n) is 9.77. The molecule has 0 spiro atoms. The van der Waals surface area contributed by atoms with Crippen LogP contribution in [0.3, 0.4) is 0 Å². The van der Waals surface area contributed by atoms with Crippen LogP contribution in [0.1, 0.15) is 0 Å². The zero-order valence-corrected chi connectivity index (χ0v) is 34.5. The van der Waals surface area contributed by atoms with Crippen LogP contribution in [0.5, 0.6) is 0 Å². The summed E-state index contributed by atoms with van der Waals surface area (Å²) >= 11 is 0. The van der Waals surface area contributed by atoms with Gasteiger partial charge in [-0.15, -0.1) is 0 Å². The third-order valence-corrected chi connectivity index (χ3v) is 12.6. The van der Waals surface area contributed by atoms with Crippen molar-refractivity contribution >= 4 is 54.6 Å². The lowest BCUT2D eigenvalue weighted by Gasteiger charge is -2.18. The molecular formula is C58H36N6. The minimum absolute atomic E-state index is 0.780. The smallest absolute Gasteiger partial charge is 0.164 e. The van der Waals surface area contributed by atoms with Gasteiger partial charge in [0, 0.05) is 34.6 Å². The first kappa shape index (κ1) is 36.0. The SMILES string of the molecule is c1ccc(-c2ccccc2-n2c(-c3cc(-c4cc5cccc6ccc7cccc4c7c65)cc(-c4nc5cccnc5n4-c4ccccc4-c4ccccc4)c3)nc3cccnc32)cc1. The van der Waals surface area contributed by atoms with E-state index in [1.165, 1.54) is 32.3 Å². The van der Waals surface area contributed by atoms with Crippen molar-refractivity contribution in [1.82, 2.24) is 29.1 Å². The molecule has 0 aliphatic rings. The Hall–Kier alpha value is -8.74. The number of para-hydroxylation sites is 2. The standard InChI is InChI=1S/C58H36N6/c1-3-15-37(16-4-1)45-22-7-9-27-51(45)63-55(61-49-25-13-31-59-57(49)63)43-33-42(48-36-41-21-11-19-39-29-30-40-20-12-24-47(48)54(40)53(39)41)34-44(35-43)56-62-50-26-14-32-60-58(50)64(56)52-28-10-8-23-46(52)38-17-5-2-6-18-38/h1-36H. The summed E-state index contributed by atoms with van der Waals surface area (Å²) in [6, 6.07) is 73.1. The fraction of sp³-hybridized carbons (Fsp3) is 0. The molecule has 0 aliphatic carbocycles. The average Bonchev–Trinajstić information content (AvgIpc) is 3.96. The summed E-state index contributed by atoms with van der Waals surface area (Å²) in [6.45, 7) is 0. The van der Waals surface area contributed by atoms with Crippen molar-refractivity contribution in [3.63, 3.8) is 0 Å².